The second-order valence-electron chi connectivity index (χ2n) is 5.13. The number of benzene rings is 2. The molecular weight excluding hydrogens is 350 g/mol. The lowest BCUT2D eigenvalue weighted by molar-refractivity contribution is 0.0992. The molecule has 3 aromatic rings. The molecule has 25 heavy (non-hydrogen) atoms. The lowest BCUT2D eigenvalue weighted by Crippen LogP contribution is -2.14. The summed E-state index contributed by atoms with van der Waals surface area (Å²) in [7, 11) is 4.43. The lowest BCUT2D eigenvalue weighted by Gasteiger charge is -2.09. The number of carbonyl (C=O) groups is 1. The molecule has 0 bridgehead atoms. The average molecular weight is 364 g/mol. The number of aromatic nitrogens is 1. The number of amides is 1. The standard InChI is InChI=1S/C17H14F2N2O3S/c1-21-15-10(19)7-9(18)8-13(15)25-17(21)20-16(22)14-11(23-2)5-4-6-12(14)24-3/h4-8H,1-3H3. The molecule has 130 valence electrons. The number of nitrogens with zero attached hydrogens (tertiary/aromatic N) is 2. The van der Waals surface area contributed by atoms with Gasteiger partial charge in [0, 0.05) is 13.1 Å². The Hall–Kier alpha value is -2.74. The van der Waals surface area contributed by atoms with E-state index < -0.39 is 17.5 Å². The van der Waals surface area contributed by atoms with Crippen molar-refractivity contribution in [1.82, 2.24) is 4.57 Å². The summed E-state index contributed by atoms with van der Waals surface area (Å²) in [5, 5.41) is 0. The summed E-state index contributed by atoms with van der Waals surface area (Å²) in [6.45, 7) is 0. The summed E-state index contributed by atoms with van der Waals surface area (Å²) in [4.78, 5) is 16.9. The number of hydrogen-bond donors (Lipinski definition) is 0. The van der Waals surface area contributed by atoms with Gasteiger partial charge in [-0.1, -0.05) is 17.4 Å². The minimum atomic E-state index is -0.711. The quantitative estimate of drug-likeness (QED) is 0.717. The number of thiazole rings is 1. The van der Waals surface area contributed by atoms with E-state index in [1.165, 1.54) is 24.9 Å². The topological polar surface area (TPSA) is 52.8 Å². The molecule has 0 N–H and O–H groups in total. The van der Waals surface area contributed by atoms with E-state index in [4.69, 9.17) is 9.47 Å². The average Bonchev–Trinajstić information content (AvgIpc) is 2.89. The largest absolute Gasteiger partial charge is 0.496 e. The number of carbonyl (C=O) groups excluding carboxylic acids is 1. The number of hydrogen-bond acceptors (Lipinski definition) is 4. The summed E-state index contributed by atoms with van der Waals surface area (Å²) < 4.78 is 39.6. The van der Waals surface area contributed by atoms with E-state index >= 15 is 0 Å². The van der Waals surface area contributed by atoms with Crippen molar-refractivity contribution >= 4 is 27.5 Å². The number of halogens is 2. The Bertz CT molecular complexity index is 1020. The lowest BCUT2D eigenvalue weighted by atomic mass is 10.1. The van der Waals surface area contributed by atoms with Crippen molar-refractivity contribution in [3.63, 3.8) is 0 Å². The number of methoxy groups -OCH3 is 2. The molecule has 1 aromatic heterocycles. The van der Waals surface area contributed by atoms with Crippen LogP contribution in [0.25, 0.3) is 10.2 Å². The highest BCUT2D eigenvalue weighted by molar-refractivity contribution is 7.16. The van der Waals surface area contributed by atoms with Crippen LogP contribution in [0.4, 0.5) is 8.78 Å². The number of aryl methyl sites for hydroxylation is 1. The van der Waals surface area contributed by atoms with Crippen LogP contribution in [0.3, 0.4) is 0 Å². The molecule has 0 aliphatic rings. The van der Waals surface area contributed by atoms with E-state index in [0.29, 0.717) is 16.2 Å². The summed E-state index contributed by atoms with van der Waals surface area (Å²) in [5.41, 5.74) is 0.349. The van der Waals surface area contributed by atoms with Gasteiger partial charge in [-0.15, -0.1) is 0 Å². The highest BCUT2D eigenvalue weighted by Gasteiger charge is 2.18. The van der Waals surface area contributed by atoms with Gasteiger partial charge in [0.05, 0.1) is 24.4 Å². The van der Waals surface area contributed by atoms with Crippen LogP contribution in [0.15, 0.2) is 35.3 Å². The SMILES string of the molecule is COc1cccc(OC)c1C(=O)N=c1sc2cc(F)cc(F)c2n1C. The number of fused-ring (bicyclic) bond motifs is 1. The monoisotopic (exact) mass is 364 g/mol. The first-order chi connectivity index (χ1) is 12.0. The van der Waals surface area contributed by atoms with Gasteiger partial charge in [0.15, 0.2) is 10.6 Å². The first-order valence-corrected chi connectivity index (χ1v) is 8.02. The Labute approximate surface area is 145 Å². The van der Waals surface area contributed by atoms with Gasteiger partial charge < -0.3 is 14.0 Å². The van der Waals surface area contributed by atoms with Crippen LogP contribution in [0.5, 0.6) is 11.5 Å². The molecule has 3 rings (SSSR count). The zero-order valence-corrected chi connectivity index (χ0v) is 14.5. The van der Waals surface area contributed by atoms with Crippen LogP contribution in [0.2, 0.25) is 0 Å². The van der Waals surface area contributed by atoms with Gasteiger partial charge in [0.1, 0.15) is 22.9 Å². The van der Waals surface area contributed by atoms with Crippen molar-refractivity contribution in [2.45, 2.75) is 0 Å². The second-order valence-corrected chi connectivity index (χ2v) is 6.14. The Balaban J connectivity index is 2.20. The minimum absolute atomic E-state index is 0.164. The molecule has 0 radical (unpaired) electrons. The van der Waals surface area contributed by atoms with Gasteiger partial charge in [-0.25, -0.2) is 8.78 Å². The predicted octanol–water partition coefficient (Wildman–Crippen LogP) is 3.28. The normalized spacial score (nSPS) is 11.8. The zero-order valence-electron chi connectivity index (χ0n) is 13.7. The molecule has 2 aromatic carbocycles. The summed E-state index contributed by atoms with van der Waals surface area (Å²) in [6.07, 6.45) is 0. The molecule has 1 heterocycles. The van der Waals surface area contributed by atoms with E-state index in [1.54, 1.807) is 25.2 Å². The second kappa shape index (κ2) is 6.64. The van der Waals surface area contributed by atoms with Gasteiger partial charge in [0.2, 0.25) is 0 Å². The van der Waals surface area contributed by atoms with Crippen LogP contribution in [-0.2, 0) is 7.05 Å². The van der Waals surface area contributed by atoms with Crippen LogP contribution in [0, 0.1) is 11.6 Å². The molecule has 0 spiro atoms. The third-order valence-electron chi connectivity index (χ3n) is 3.66. The first-order valence-electron chi connectivity index (χ1n) is 7.21. The van der Waals surface area contributed by atoms with Gasteiger partial charge in [0.25, 0.3) is 5.91 Å². The molecule has 0 aliphatic heterocycles. The fraction of sp³-hybridized carbons (Fsp3) is 0.176. The third kappa shape index (κ3) is 3.00. The molecule has 0 fully saturated rings. The van der Waals surface area contributed by atoms with E-state index in [2.05, 4.69) is 4.99 Å². The van der Waals surface area contributed by atoms with Crippen molar-refractivity contribution in [1.29, 1.82) is 0 Å². The molecular formula is C17H14F2N2O3S. The zero-order chi connectivity index (χ0) is 18.1. The predicted molar refractivity (Wildman–Crippen MR) is 90.2 cm³/mol. The number of ether oxygens (including phenoxy) is 2. The molecule has 0 aliphatic carbocycles. The molecule has 0 unspecified atom stereocenters. The van der Waals surface area contributed by atoms with Crippen molar-refractivity contribution in [2.75, 3.05) is 14.2 Å². The highest BCUT2D eigenvalue weighted by Crippen LogP contribution is 2.29. The highest BCUT2D eigenvalue weighted by atomic mass is 32.1. The smallest absolute Gasteiger partial charge is 0.287 e. The molecule has 1 amide bonds. The Kier molecular flexibility index (Phi) is 4.54. The van der Waals surface area contributed by atoms with Crippen LogP contribution in [0.1, 0.15) is 10.4 Å². The third-order valence-corrected chi connectivity index (χ3v) is 4.73. The van der Waals surface area contributed by atoms with Gasteiger partial charge >= 0.3 is 0 Å². The van der Waals surface area contributed by atoms with Crippen LogP contribution < -0.4 is 14.3 Å². The van der Waals surface area contributed by atoms with Gasteiger partial charge in [-0.05, 0) is 18.2 Å². The number of rotatable bonds is 3. The van der Waals surface area contributed by atoms with E-state index in [-0.39, 0.29) is 15.9 Å². The van der Waals surface area contributed by atoms with E-state index in [0.717, 1.165) is 17.4 Å². The van der Waals surface area contributed by atoms with Gasteiger partial charge in [-0.3, -0.25) is 4.79 Å². The van der Waals surface area contributed by atoms with E-state index in [1.807, 2.05) is 0 Å². The first kappa shape index (κ1) is 17.1. The molecule has 0 atom stereocenters. The van der Waals surface area contributed by atoms with Crippen molar-refractivity contribution in [3.8, 4) is 11.5 Å². The summed E-state index contributed by atoms with van der Waals surface area (Å²) in [5.74, 6) is -1.37. The van der Waals surface area contributed by atoms with Gasteiger partial charge in [-0.2, -0.15) is 4.99 Å². The molecule has 5 nitrogen and oxygen atoms in total. The minimum Gasteiger partial charge on any atom is -0.496 e. The maximum Gasteiger partial charge on any atom is 0.287 e. The maximum atomic E-state index is 14.0. The molecule has 0 saturated heterocycles. The summed E-state index contributed by atoms with van der Waals surface area (Å²) in [6, 6.07) is 6.92. The Morgan fingerprint density at radius 3 is 2.40 bits per heavy atom. The fourth-order valence-electron chi connectivity index (χ4n) is 2.51. The Morgan fingerprint density at radius 1 is 1.16 bits per heavy atom. The Morgan fingerprint density at radius 2 is 1.80 bits per heavy atom. The fourth-order valence-corrected chi connectivity index (χ4v) is 3.57. The molecule has 8 heteroatoms. The van der Waals surface area contributed by atoms with Crippen LogP contribution >= 0.6 is 11.3 Å². The van der Waals surface area contributed by atoms with Crippen LogP contribution in [-0.4, -0.2) is 24.7 Å². The van der Waals surface area contributed by atoms with Crippen molar-refractivity contribution in [2.24, 2.45) is 12.0 Å². The maximum absolute atomic E-state index is 14.0. The summed E-state index contributed by atoms with van der Waals surface area (Å²) >= 11 is 1.02. The van der Waals surface area contributed by atoms with E-state index in [9.17, 15) is 13.6 Å². The molecule has 0 saturated carbocycles. The van der Waals surface area contributed by atoms with Crippen molar-refractivity contribution in [3.05, 3.63) is 52.3 Å². The van der Waals surface area contributed by atoms with Crippen molar-refractivity contribution < 1.29 is 23.0 Å².